The van der Waals surface area contributed by atoms with E-state index in [0.29, 0.717) is 16.8 Å². The highest BCUT2D eigenvalue weighted by Gasteiger charge is 2.31. The van der Waals surface area contributed by atoms with Crippen molar-refractivity contribution in [3.63, 3.8) is 0 Å². The molecule has 1 N–H and O–H groups in total. The minimum atomic E-state index is -4.60. The van der Waals surface area contributed by atoms with Gasteiger partial charge in [0.2, 0.25) is 5.91 Å². The molecule has 2 aromatic rings. The molecule has 0 saturated carbocycles. The van der Waals surface area contributed by atoms with E-state index in [1.165, 1.54) is 18.3 Å². The third-order valence-electron chi connectivity index (χ3n) is 2.66. The lowest BCUT2D eigenvalue weighted by Gasteiger charge is -2.11. The zero-order valence-corrected chi connectivity index (χ0v) is 11.6. The molecule has 0 unspecified atom stereocenters. The smallest absolute Gasteiger partial charge is 0.322 e. The van der Waals surface area contributed by atoms with Crippen LogP contribution in [0.1, 0.15) is 5.56 Å². The van der Waals surface area contributed by atoms with Gasteiger partial charge in [0.05, 0.1) is 11.3 Å². The van der Waals surface area contributed by atoms with E-state index in [4.69, 9.17) is 11.6 Å². The van der Waals surface area contributed by atoms with Gasteiger partial charge in [-0.25, -0.2) is 4.98 Å². The minimum absolute atomic E-state index is 0.0345. The maximum atomic E-state index is 12.6. The Bertz CT molecular complexity index is 759. The van der Waals surface area contributed by atoms with Gasteiger partial charge in [0.1, 0.15) is 6.54 Å². The molecule has 2 heterocycles. The second-order valence-corrected chi connectivity index (χ2v) is 4.63. The number of hydrogen-bond donors (Lipinski definition) is 1. The predicted octanol–water partition coefficient (Wildman–Crippen LogP) is 2.55. The lowest BCUT2D eigenvalue weighted by molar-refractivity contribution is -0.138. The monoisotopic (exact) mass is 331 g/mol. The van der Waals surface area contributed by atoms with Crippen LogP contribution in [0, 0.1) is 0 Å². The van der Waals surface area contributed by atoms with Crippen molar-refractivity contribution in [1.82, 2.24) is 9.55 Å². The molecular formula is C13H9ClF3N3O2. The first kappa shape index (κ1) is 16.0. The number of rotatable bonds is 3. The van der Waals surface area contributed by atoms with Gasteiger partial charge in [0.15, 0.2) is 5.15 Å². The normalized spacial score (nSPS) is 11.3. The fourth-order valence-electron chi connectivity index (χ4n) is 1.65. The summed E-state index contributed by atoms with van der Waals surface area (Å²) >= 11 is 5.74. The molecule has 9 heteroatoms. The molecular weight excluding hydrogens is 323 g/mol. The summed E-state index contributed by atoms with van der Waals surface area (Å²) in [6.07, 6.45) is -2.60. The number of anilines is 1. The fraction of sp³-hybridized carbons (Fsp3) is 0.154. The van der Waals surface area contributed by atoms with Crippen molar-refractivity contribution in [3.8, 4) is 0 Å². The lowest BCUT2D eigenvalue weighted by atomic mass is 10.2. The largest absolute Gasteiger partial charge is 0.417 e. The van der Waals surface area contributed by atoms with Crippen LogP contribution in [0.3, 0.4) is 0 Å². The third-order valence-corrected chi connectivity index (χ3v) is 2.96. The number of nitrogens with one attached hydrogen (secondary N) is 1. The number of carbonyl (C=O) groups is 1. The van der Waals surface area contributed by atoms with Gasteiger partial charge in [-0.1, -0.05) is 11.6 Å². The van der Waals surface area contributed by atoms with Gasteiger partial charge in [0, 0.05) is 18.5 Å². The van der Waals surface area contributed by atoms with Gasteiger partial charge in [-0.2, -0.15) is 13.2 Å². The van der Waals surface area contributed by atoms with Crippen LogP contribution in [0.25, 0.3) is 0 Å². The Morgan fingerprint density at radius 2 is 2.05 bits per heavy atom. The van der Waals surface area contributed by atoms with E-state index in [9.17, 15) is 22.8 Å². The standard InChI is InChI=1S/C13H9ClF3N3O2/c14-12-9(2-1-5-18-12)19-10(21)7-20-6-8(13(15,16)17)3-4-11(20)22/h1-6H,7H2,(H,19,21). The third kappa shape index (κ3) is 3.85. The molecule has 0 fully saturated rings. The van der Waals surface area contributed by atoms with Crippen LogP contribution < -0.4 is 10.9 Å². The maximum absolute atomic E-state index is 12.6. The molecule has 0 bridgehead atoms. The van der Waals surface area contributed by atoms with E-state index in [2.05, 4.69) is 10.3 Å². The number of pyridine rings is 2. The Kier molecular flexibility index (Phi) is 4.51. The Hall–Kier alpha value is -2.35. The molecule has 22 heavy (non-hydrogen) atoms. The summed E-state index contributed by atoms with van der Waals surface area (Å²) < 4.78 is 38.5. The summed E-state index contributed by atoms with van der Waals surface area (Å²) in [5.41, 5.74) is -1.53. The first-order chi connectivity index (χ1) is 10.3. The molecule has 1 amide bonds. The molecule has 2 rings (SSSR count). The SMILES string of the molecule is O=C(Cn1cc(C(F)(F)F)ccc1=O)Nc1cccnc1Cl. The zero-order chi connectivity index (χ0) is 16.3. The van der Waals surface area contributed by atoms with Crippen LogP contribution >= 0.6 is 11.6 Å². The van der Waals surface area contributed by atoms with E-state index in [1.807, 2.05) is 0 Å². The van der Waals surface area contributed by atoms with E-state index in [0.717, 1.165) is 6.07 Å². The van der Waals surface area contributed by atoms with Gasteiger partial charge in [0.25, 0.3) is 5.56 Å². The van der Waals surface area contributed by atoms with Crippen molar-refractivity contribution in [2.24, 2.45) is 0 Å². The van der Waals surface area contributed by atoms with Gasteiger partial charge >= 0.3 is 6.18 Å². The van der Waals surface area contributed by atoms with Gasteiger partial charge < -0.3 is 9.88 Å². The van der Waals surface area contributed by atoms with Crippen LogP contribution in [-0.4, -0.2) is 15.5 Å². The molecule has 0 atom stereocenters. The van der Waals surface area contributed by atoms with Crippen molar-refractivity contribution in [1.29, 1.82) is 0 Å². The van der Waals surface area contributed by atoms with Crippen molar-refractivity contribution >= 4 is 23.2 Å². The number of nitrogens with zero attached hydrogens (tertiary/aromatic N) is 2. The zero-order valence-electron chi connectivity index (χ0n) is 10.9. The van der Waals surface area contributed by atoms with Gasteiger partial charge in [-0.3, -0.25) is 9.59 Å². The molecule has 2 aromatic heterocycles. The first-order valence-corrected chi connectivity index (χ1v) is 6.33. The quantitative estimate of drug-likeness (QED) is 0.879. The van der Waals surface area contributed by atoms with Crippen LogP contribution in [0.4, 0.5) is 18.9 Å². The maximum Gasteiger partial charge on any atom is 0.417 e. The Balaban J connectivity index is 2.18. The highest BCUT2D eigenvalue weighted by molar-refractivity contribution is 6.32. The van der Waals surface area contributed by atoms with Crippen molar-refractivity contribution in [2.75, 3.05) is 5.32 Å². The number of halogens is 4. The van der Waals surface area contributed by atoms with E-state index >= 15 is 0 Å². The number of hydrogen-bond acceptors (Lipinski definition) is 3. The number of alkyl halides is 3. The van der Waals surface area contributed by atoms with Crippen LogP contribution in [0.15, 0.2) is 41.5 Å². The van der Waals surface area contributed by atoms with Crippen LogP contribution in [0.5, 0.6) is 0 Å². The van der Waals surface area contributed by atoms with Crippen molar-refractivity contribution < 1.29 is 18.0 Å². The topological polar surface area (TPSA) is 64.0 Å². The molecule has 0 spiro atoms. The Morgan fingerprint density at radius 3 is 2.68 bits per heavy atom. The van der Waals surface area contributed by atoms with E-state index in [1.54, 1.807) is 0 Å². The molecule has 116 valence electrons. The predicted molar refractivity (Wildman–Crippen MR) is 73.6 cm³/mol. The van der Waals surface area contributed by atoms with Crippen LogP contribution in [-0.2, 0) is 17.5 Å². The fourth-order valence-corrected chi connectivity index (χ4v) is 1.81. The van der Waals surface area contributed by atoms with Crippen LogP contribution in [0.2, 0.25) is 5.15 Å². The highest BCUT2D eigenvalue weighted by atomic mass is 35.5. The Labute approximate surface area is 127 Å². The molecule has 0 aliphatic carbocycles. The number of carbonyl (C=O) groups excluding carboxylic acids is 1. The second kappa shape index (κ2) is 6.18. The molecule has 0 aliphatic rings. The Morgan fingerprint density at radius 1 is 1.32 bits per heavy atom. The van der Waals surface area contributed by atoms with Crippen molar-refractivity contribution in [2.45, 2.75) is 12.7 Å². The molecule has 0 radical (unpaired) electrons. The first-order valence-electron chi connectivity index (χ1n) is 5.95. The minimum Gasteiger partial charge on any atom is -0.322 e. The summed E-state index contributed by atoms with van der Waals surface area (Å²) in [7, 11) is 0. The summed E-state index contributed by atoms with van der Waals surface area (Å²) in [6.45, 7) is -0.575. The second-order valence-electron chi connectivity index (χ2n) is 4.27. The molecule has 0 saturated heterocycles. The highest BCUT2D eigenvalue weighted by Crippen LogP contribution is 2.28. The molecule has 0 aromatic carbocycles. The lowest BCUT2D eigenvalue weighted by Crippen LogP contribution is -2.28. The van der Waals surface area contributed by atoms with Gasteiger partial charge in [-0.05, 0) is 18.2 Å². The van der Waals surface area contributed by atoms with Gasteiger partial charge in [-0.15, -0.1) is 0 Å². The number of amides is 1. The average Bonchev–Trinajstić information content (AvgIpc) is 2.42. The summed E-state index contributed by atoms with van der Waals surface area (Å²) in [6, 6.07) is 4.42. The average molecular weight is 332 g/mol. The van der Waals surface area contributed by atoms with E-state index in [-0.39, 0.29) is 10.8 Å². The molecule has 0 aliphatic heterocycles. The molecule has 5 nitrogen and oxygen atoms in total. The summed E-state index contributed by atoms with van der Waals surface area (Å²) in [5, 5.41) is 2.40. The van der Waals surface area contributed by atoms with E-state index < -0.39 is 29.8 Å². The van der Waals surface area contributed by atoms with Crippen molar-refractivity contribution in [3.05, 3.63) is 57.7 Å². The number of aromatic nitrogens is 2. The summed E-state index contributed by atoms with van der Waals surface area (Å²) in [5.74, 6) is -0.698. The summed E-state index contributed by atoms with van der Waals surface area (Å²) in [4.78, 5) is 27.1.